The molecule has 1 rings (SSSR count). The maximum atomic E-state index is 12.4. The average Bonchev–Trinajstić information content (AvgIpc) is 2.34. The molecule has 1 nitrogen and oxygen atoms in total. The Hall–Kier alpha value is -1.03. The second-order valence-corrected chi connectivity index (χ2v) is 4.51. The molecule has 0 fully saturated rings. The zero-order chi connectivity index (χ0) is 13.6. The van der Waals surface area contributed by atoms with Crippen molar-refractivity contribution >= 4 is 0 Å². The Morgan fingerprint density at radius 3 is 2.17 bits per heavy atom. The fraction of sp³-hybridized carbons (Fsp3) is 0.571. The molecule has 1 N–H and O–H groups in total. The molecule has 0 spiro atoms. The minimum Gasteiger partial charge on any atom is -0.317 e. The van der Waals surface area contributed by atoms with E-state index in [1.54, 1.807) is 12.1 Å². The summed E-state index contributed by atoms with van der Waals surface area (Å²) in [6, 6.07) is 5.90. The number of aryl methyl sites for hydroxylation is 1. The lowest BCUT2D eigenvalue weighted by molar-refractivity contribution is -0.137. The SMILES string of the molecule is CCCC(CCc1ccc(C(F)(F)F)cc1)NC. The summed E-state index contributed by atoms with van der Waals surface area (Å²) < 4.78 is 37.1. The highest BCUT2D eigenvalue weighted by molar-refractivity contribution is 5.24. The number of hydrogen-bond acceptors (Lipinski definition) is 1. The molecule has 1 aromatic rings. The maximum absolute atomic E-state index is 12.4. The largest absolute Gasteiger partial charge is 0.416 e. The lowest BCUT2D eigenvalue weighted by Gasteiger charge is -2.15. The van der Waals surface area contributed by atoms with Crippen LogP contribution in [0.1, 0.15) is 37.3 Å². The van der Waals surface area contributed by atoms with E-state index < -0.39 is 11.7 Å². The van der Waals surface area contributed by atoms with Gasteiger partial charge in [-0.05, 0) is 44.0 Å². The van der Waals surface area contributed by atoms with E-state index >= 15 is 0 Å². The van der Waals surface area contributed by atoms with Gasteiger partial charge in [0.05, 0.1) is 5.56 Å². The van der Waals surface area contributed by atoms with Gasteiger partial charge in [-0.3, -0.25) is 0 Å². The van der Waals surface area contributed by atoms with Crippen molar-refractivity contribution in [2.24, 2.45) is 0 Å². The van der Waals surface area contributed by atoms with E-state index in [9.17, 15) is 13.2 Å². The molecule has 0 aliphatic carbocycles. The van der Waals surface area contributed by atoms with E-state index in [1.807, 2.05) is 7.05 Å². The van der Waals surface area contributed by atoms with Crippen LogP contribution < -0.4 is 5.32 Å². The van der Waals surface area contributed by atoms with Crippen LogP contribution in [-0.4, -0.2) is 13.1 Å². The van der Waals surface area contributed by atoms with Crippen LogP contribution in [-0.2, 0) is 12.6 Å². The smallest absolute Gasteiger partial charge is 0.317 e. The standard InChI is InChI=1S/C14H20F3N/c1-3-4-13(18-2)10-7-11-5-8-12(9-6-11)14(15,16)17/h5-6,8-9,13,18H,3-4,7,10H2,1-2H3. The highest BCUT2D eigenvalue weighted by Gasteiger charge is 2.29. The van der Waals surface area contributed by atoms with E-state index in [2.05, 4.69) is 12.2 Å². The van der Waals surface area contributed by atoms with Gasteiger partial charge in [-0.2, -0.15) is 13.2 Å². The molecule has 0 aliphatic rings. The fourth-order valence-electron chi connectivity index (χ4n) is 1.98. The van der Waals surface area contributed by atoms with Gasteiger partial charge in [0.15, 0.2) is 0 Å². The van der Waals surface area contributed by atoms with Crippen molar-refractivity contribution in [3.8, 4) is 0 Å². The summed E-state index contributed by atoms with van der Waals surface area (Å²) in [4.78, 5) is 0. The van der Waals surface area contributed by atoms with Crippen LogP contribution in [0.3, 0.4) is 0 Å². The Labute approximate surface area is 106 Å². The zero-order valence-electron chi connectivity index (χ0n) is 10.8. The average molecular weight is 259 g/mol. The van der Waals surface area contributed by atoms with Crippen LogP contribution in [0.5, 0.6) is 0 Å². The molecule has 0 bridgehead atoms. The highest BCUT2D eigenvalue weighted by Crippen LogP contribution is 2.29. The predicted molar refractivity (Wildman–Crippen MR) is 67.5 cm³/mol. The molecule has 1 aromatic carbocycles. The third-order valence-corrected chi connectivity index (χ3v) is 3.11. The number of halogens is 3. The second-order valence-electron chi connectivity index (χ2n) is 4.51. The van der Waals surface area contributed by atoms with Gasteiger partial charge < -0.3 is 5.32 Å². The molecule has 102 valence electrons. The van der Waals surface area contributed by atoms with Gasteiger partial charge in [-0.15, -0.1) is 0 Å². The van der Waals surface area contributed by atoms with E-state index in [0.717, 1.165) is 43.4 Å². The zero-order valence-corrected chi connectivity index (χ0v) is 10.8. The first-order chi connectivity index (χ1) is 8.47. The summed E-state index contributed by atoms with van der Waals surface area (Å²) in [6.07, 6.45) is -0.275. The number of alkyl halides is 3. The van der Waals surface area contributed by atoms with Crippen LogP contribution >= 0.6 is 0 Å². The quantitative estimate of drug-likeness (QED) is 0.813. The Morgan fingerprint density at radius 2 is 1.72 bits per heavy atom. The summed E-state index contributed by atoms with van der Waals surface area (Å²) in [7, 11) is 1.92. The molecule has 0 heterocycles. The van der Waals surface area contributed by atoms with Crippen LogP contribution in [0.2, 0.25) is 0 Å². The molecule has 4 heteroatoms. The topological polar surface area (TPSA) is 12.0 Å². The van der Waals surface area contributed by atoms with Crippen LogP contribution in [0.15, 0.2) is 24.3 Å². The number of hydrogen-bond donors (Lipinski definition) is 1. The van der Waals surface area contributed by atoms with E-state index in [-0.39, 0.29) is 0 Å². The van der Waals surface area contributed by atoms with Crippen molar-refractivity contribution in [3.05, 3.63) is 35.4 Å². The number of rotatable bonds is 6. The summed E-state index contributed by atoms with van der Waals surface area (Å²) in [5.41, 5.74) is 0.379. The summed E-state index contributed by atoms with van der Waals surface area (Å²) in [5.74, 6) is 0. The molecular formula is C14H20F3N. The summed E-state index contributed by atoms with van der Waals surface area (Å²) in [5, 5.41) is 3.23. The van der Waals surface area contributed by atoms with Crippen molar-refractivity contribution < 1.29 is 13.2 Å². The van der Waals surface area contributed by atoms with Crippen molar-refractivity contribution in [1.82, 2.24) is 5.32 Å². The minimum atomic E-state index is -4.24. The van der Waals surface area contributed by atoms with Crippen molar-refractivity contribution in [1.29, 1.82) is 0 Å². The lowest BCUT2D eigenvalue weighted by Crippen LogP contribution is -2.25. The molecule has 0 aromatic heterocycles. The summed E-state index contributed by atoms with van der Waals surface area (Å²) >= 11 is 0. The van der Waals surface area contributed by atoms with Gasteiger partial charge in [0.1, 0.15) is 0 Å². The minimum absolute atomic E-state index is 0.442. The van der Waals surface area contributed by atoms with Crippen LogP contribution in [0.4, 0.5) is 13.2 Å². The molecule has 0 saturated heterocycles. The van der Waals surface area contributed by atoms with Gasteiger partial charge in [0.2, 0.25) is 0 Å². The lowest BCUT2D eigenvalue weighted by atomic mass is 10.0. The van der Waals surface area contributed by atoms with Gasteiger partial charge in [-0.1, -0.05) is 25.5 Å². The monoisotopic (exact) mass is 259 g/mol. The highest BCUT2D eigenvalue weighted by atomic mass is 19.4. The first kappa shape index (κ1) is 15.0. The van der Waals surface area contributed by atoms with E-state index in [0.29, 0.717) is 6.04 Å². The van der Waals surface area contributed by atoms with Crippen molar-refractivity contribution in [2.75, 3.05) is 7.05 Å². The van der Waals surface area contributed by atoms with E-state index in [1.165, 1.54) is 0 Å². The Bertz CT molecular complexity index is 343. The first-order valence-electron chi connectivity index (χ1n) is 6.30. The maximum Gasteiger partial charge on any atom is 0.416 e. The third-order valence-electron chi connectivity index (χ3n) is 3.11. The fourth-order valence-corrected chi connectivity index (χ4v) is 1.98. The number of nitrogens with one attached hydrogen (secondary N) is 1. The Morgan fingerprint density at radius 1 is 1.11 bits per heavy atom. The van der Waals surface area contributed by atoms with Crippen LogP contribution in [0, 0.1) is 0 Å². The van der Waals surface area contributed by atoms with Crippen molar-refractivity contribution in [3.63, 3.8) is 0 Å². The Balaban J connectivity index is 2.53. The van der Waals surface area contributed by atoms with Gasteiger partial charge in [0, 0.05) is 6.04 Å². The first-order valence-corrected chi connectivity index (χ1v) is 6.30. The third kappa shape index (κ3) is 4.69. The summed E-state index contributed by atoms with van der Waals surface area (Å²) in [6.45, 7) is 2.13. The van der Waals surface area contributed by atoms with E-state index in [4.69, 9.17) is 0 Å². The number of benzene rings is 1. The Kier molecular flexibility index (Phi) is 5.66. The van der Waals surface area contributed by atoms with Gasteiger partial charge in [-0.25, -0.2) is 0 Å². The molecule has 18 heavy (non-hydrogen) atoms. The molecule has 0 aliphatic heterocycles. The molecular weight excluding hydrogens is 239 g/mol. The molecule has 0 saturated carbocycles. The van der Waals surface area contributed by atoms with Gasteiger partial charge >= 0.3 is 6.18 Å². The molecule has 1 atom stereocenters. The molecule has 1 unspecified atom stereocenters. The second kappa shape index (κ2) is 6.78. The normalized spacial score (nSPS) is 13.6. The molecule has 0 amide bonds. The predicted octanol–water partition coefficient (Wildman–Crippen LogP) is 4.03. The van der Waals surface area contributed by atoms with Crippen molar-refractivity contribution in [2.45, 2.75) is 44.8 Å². The van der Waals surface area contributed by atoms with Crippen LogP contribution in [0.25, 0.3) is 0 Å². The molecule has 0 radical (unpaired) electrons. The van der Waals surface area contributed by atoms with Gasteiger partial charge in [0.25, 0.3) is 0 Å².